The highest BCUT2D eigenvalue weighted by Crippen LogP contribution is 2.32. The van der Waals surface area contributed by atoms with Crippen LogP contribution in [0.15, 0.2) is 36.4 Å². The van der Waals surface area contributed by atoms with Gasteiger partial charge in [0.15, 0.2) is 0 Å². The average Bonchev–Trinajstić information content (AvgIpc) is 2.21. The molecule has 0 unspecified atom stereocenters. The lowest BCUT2D eigenvalue weighted by molar-refractivity contribution is 0.483. The normalized spacial score (nSPS) is 10.2. The first-order valence-corrected chi connectivity index (χ1v) is 5.59. The number of halogens is 2. The van der Waals surface area contributed by atoms with Crippen LogP contribution in [0.1, 0.15) is 0 Å². The lowest BCUT2D eigenvalue weighted by Gasteiger charge is -2.09. The molecular formula is C12H10Cl2N2O. The van der Waals surface area contributed by atoms with Crippen molar-refractivity contribution in [3.05, 3.63) is 46.4 Å². The third-order valence-electron chi connectivity index (χ3n) is 2.08. The van der Waals surface area contributed by atoms with E-state index >= 15 is 0 Å². The van der Waals surface area contributed by atoms with E-state index in [1.807, 2.05) is 0 Å². The molecule has 3 nitrogen and oxygen atoms in total. The third kappa shape index (κ3) is 2.96. The second kappa shape index (κ2) is 4.73. The molecule has 0 radical (unpaired) electrons. The highest BCUT2D eigenvalue weighted by atomic mass is 35.5. The van der Waals surface area contributed by atoms with E-state index in [4.69, 9.17) is 39.4 Å². The van der Waals surface area contributed by atoms with Crippen LogP contribution in [-0.4, -0.2) is 0 Å². The lowest BCUT2D eigenvalue weighted by atomic mass is 10.3. The molecule has 5 heteroatoms. The zero-order chi connectivity index (χ0) is 12.4. The molecule has 0 heterocycles. The summed E-state index contributed by atoms with van der Waals surface area (Å²) in [5.74, 6) is 1.03. The first-order valence-electron chi connectivity index (χ1n) is 4.83. The number of anilines is 2. The Kier molecular flexibility index (Phi) is 3.31. The van der Waals surface area contributed by atoms with Crippen LogP contribution in [0, 0.1) is 0 Å². The van der Waals surface area contributed by atoms with Gasteiger partial charge in [-0.3, -0.25) is 0 Å². The third-order valence-corrected chi connectivity index (χ3v) is 2.59. The maximum Gasteiger partial charge on any atom is 0.146 e. The zero-order valence-electron chi connectivity index (χ0n) is 8.78. The predicted molar refractivity (Wildman–Crippen MR) is 71.8 cm³/mol. The van der Waals surface area contributed by atoms with Crippen molar-refractivity contribution in [1.29, 1.82) is 0 Å². The highest BCUT2D eigenvalue weighted by molar-refractivity contribution is 6.32. The Bertz CT molecular complexity index is 538. The summed E-state index contributed by atoms with van der Waals surface area (Å²) in [7, 11) is 0. The fraction of sp³-hybridized carbons (Fsp3) is 0. The van der Waals surface area contributed by atoms with Crippen molar-refractivity contribution in [2.75, 3.05) is 11.5 Å². The van der Waals surface area contributed by atoms with E-state index in [2.05, 4.69) is 0 Å². The van der Waals surface area contributed by atoms with E-state index < -0.39 is 0 Å². The van der Waals surface area contributed by atoms with Crippen LogP contribution in [0.4, 0.5) is 11.4 Å². The molecule has 0 saturated carbocycles. The Balaban J connectivity index is 2.31. The van der Waals surface area contributed by atoms with Crippen LogP contribution in [0.25, 0.3) is 0 Å². The summed E-state index contributed by atoms with van der Waals surface area (Å²) in [5.41, 5.74) is 12.3. The van der Waals surface area contributed by atoms with Gasteiger partial charge in [0.2, 0.25) is 0 Å². The van der Waals surface area contributed by atoms with Gasteiger partial charge in [-0.2, -0.15) is 0 Å². The Morgan fingerprint density at radius 1 is 0.882 bits per heavy atom. The smallest absolute Gasteiger partial charge is 0.146 e. The van der Waals surface area contributed by atoms with Gasteiger partial charge in [-0.25, -0.2) is 0 Å². The zero-order valence-corrected chi connectivity index (χ0v) is 10.3. The monoisotopic (exact) mass is 268 g/mol. The van der Waals surface area contributed by atoms with E-state index in [9.17, 15) is 0 Å². The second-order valence-electron chi connectivity index (χ2n) is 3.51. The Labute approximate surface area is 109 Å². The number of rotatable bonds is 2. The van der Waals surface area contributed by atoms with Crippen LogP contribution in [-0.2, 0) is 0 Å². The second-order valence-corrected chi connectivity index (χ2v) is 4.36. The van der Waals surface area contributed by atoms with E-state index in [1.54, 1.807) is 36.4 Å². The minimum atomic E-state index is 0.434. The lowest BCUT2D eigenvalue weighted by Crippen LogP contribution is -1.90. The molecule has 0 aliphatic carbocycles. The van der Waals surface area contributed by atoms with Crippen molar-refractivity contribution in [2.45, 2.75) is 0 Å². The number of hydrogen-bond donors (Lipinski definition) is 2. The summed E-state index contributed by atoms with van der Waals surface area (Å²) in [6.45, 7) is 0. The SMILES string of the molecule is Nc1cc(Cl)cc(Oc2ccc(N)cc2Cl)c1. The van der Waals surface area contributed by atoms with Gasteiger partial charge in [0.25, 0.3) is 0 Å². The molecule has 0 atom stereocenters. The Morgan fingerprint density at radius 2 is 1.65 bits per heavy atom. The molecule has 88 valence electrons. The number of ether oxygens (including phenoxy) is 1. The van der Waals surface area contributed by atoms with Crippen LogP contribution in [0.3, 0.4) is 0 Å². The Hall–Kier alpha value is -1.58. The molecule has 0 bridgehead atoms. The fourth-order valence-corrected chi connectivity index (χ4v) is 1.83. The molecule has 17 heavy (non-hydrogen) atoms. The molecule has 0 aliphatic heterocycles. The topological polar surface area (TPSA) is 61.3 Å². The molecule has 0 saturated heterocycles. The van der Waals surface area contributed by atoms with Crippen molar-refractivity contribution in [3.8, 4) is 11.5 Å². The van der Waals surface area contributed by atoms with Crippen molar-refractivity contribution < 1.29 is 4.74 Å². The van der Waals surface area contributed by atoms with Gasteiger partial charge in [-0.1, -0.05) is 23.2 Å². The maximum absolute atomic E-state index is 5.99. The molecule has 0 aromatic heterocycles. The number of hydrogen-bond acceptors (Lipinski definition) is 3. The number of benzene rings is 2. The minimum Gasteiger partial charge on any atom is -0.456 e. The van der Waals surface area contributed by atoms with Gasteiger partial charge in [-0.15, -0.1) is 0 Å². The van der Waals surface area contributed by atoms with Crippen molar-refractivity contribution in [2.24, 2.45) is 0 Å². The fourth-order valence-electron chi connectivity index (χ4n) is 1.37. The van der Waals surface area contributed by atoms with Crippen LogP contribution in [0.2, 0.25) is 10.0 Å². The first-order chi connectivity index (χ1) is 8.04. The maximum atomic E-state index is 5.99. The van der Waals surface area contributed by atoms with E-state index in [0.717, 1.165) is 0 Å². The molecular weight excluding hydrogens is 259 g/mol. The minimum absolute atomic E-state index is 0.434. The average molecular weight is 269 g/mol. The molecule has 2 aromatic carbocycles. The van der Waals surface area contributed by atoms with Gasteiger partial charge < -0.3 is 16.2 Å². The molecule has 0 amide bonds. The van der Waals surface area contributed by atoms with E-state index in [0.29, 0.717) is 32.9 Å². The Morgan fingerprint density at radius 3 is 2.29 bits per heavy atom. The molecule has 4 N–H and O–H groups in total. The molecule has 2 aromatic rings. The summed E-state index contributed by atoms with van der Waals surface area (Å²) in [6.07, 6.45) is 0. The summed E-state index contributed by atoms with van der Waals surface area (Å²) < 4.78 is 5.57. The van der Waals surface area contributed by atoms with Gasteiger partial charge in [-0.05, 0) is 30.3 Å². The first kappa shape index (κ1) is 11.9. The standard InChI is InChI=1S/C12H10Cl2N2O/c13-7-3-9(16)5-10(4-7)17-12-2-1-8(15)6-11(12)14/h1-6H,15-16H2. The molecule has 0 spiro atoms. The van der Waals surface area contributed by atoms with Crippen LogP contribution in [0.5, 0.6) is 11.5 Å². The van der Waals surface area contributed by atoms with Gasteiger partial charge in [0.1, 0.15) is 11.5 Å². The largest absolute Gasteiger partial charge is 0.456 e. The van der Waals surface area contributed by atoms with Crippen molar-refractivity contribution in [3.63, 3.8) is 0 Å². The van der Waals surface area contributed by atoms with Crippen LogP contribution >= 0.6 is 23.2 Å². The van der Waals surface area contributed by atoms with Crippen molar-refractivity contribution in [1.82, 2.24) is 0 Å². The summed E-state index contributed by atoms with van der Waals surface area (Å²) in [6, 6.07) is 9.97. The molecule has 0 fully saturated rings. The van der Waals surface area contributed by atoms with Gasteiger partial charge >= 0.3 is 0 Å². The van der Waals surface area contributed by atoms with E-state index in [-0.39, 0.29) is 0 Å². The summed E-state index contributed by atoms with van der Waals surface area (Å²) in [5, 5.41) is 0.940. The highest BCUT2D eigenvalue weighted by Gasteiger charge is 2.05. The number of nitrogen functional groups attached to an aromatic ring is 2. The number of nitrogens with two attached hydrogens (primary N) is 2. The molecule has 2 rings (SSSR count). The van der Waals surface area contributed by atoms with Gasteiger partial charge in [0, 0.05) is 22.5 Å². The quantitative estimate of drug-likeness (QED) is 0.811. The van der Waals surface area contributed by atoms with E-state index in [1.165, 1.54) is 0 Å². The van der Waals surface area contributed by atoms with Gasteiger partial charge in [0.05, 0.1) is 5.02 Å². The van der Waals surface area contributed by atoms with Crippen molar-refractivity contribution >= 4 is 34.6 Å². The van der Waals surface area contributed by atoms with Crippen LogP contribution < -0.4 is 16.2 Å². The summed E-state index contributed by atoms with van der Waals surface area (Å²) in [4.78, 5) is 0. The molecule has 0 aliphatic rings. The predicted octanol–water partition coefficient (Wildman–Crippen LogP) is 3.95. The summed E-state index contributed by atoms with van der Waals surface area (Å²) >= 11 is 11.9.